The van der Waals surface area contributed by atoms with Crippen LogP contribution < -0.4 is 4.90 Å². The molecule has 0 heterocycles. The number of hydrogen-bond acceptors (Lipinski definition) is 2. The molecule has 1 aromatic carbocycles. The first-order chi connectivity index (χ1) is 7.97. The average molecular weight is 295 g/mol. The SMILES string of the molecule is CC(C)CC(C)N(C)c1cccc(Br)c1C#N. The molecule has 0 fully saturated rings. The topological polar surface area (TPSA) is 27.0 Å². The molecule has 0 aliphatic carbocycles. The Hall–Kier alpha value is -1.01. The van der Waals surface area contributed by atoms with Gasteiger partial charge in [0.25, 0.3) is 0 Å². The van der Waals surface area contributed by atoms with E-state index in [1.807, 2.05) is 18.2 Å². The van der Waals surface area contributed by atoms with Crippen molar-refractivity contribution in [1.82, 2.24) is 0 Å². The number of halogens is 1. The second kappa shape index (κ2) is 6.07. The average Bonchev–Trinajstić information content (AvgIpc) is 2.26. The van der Waals surface area contributed by atoms with Gasteiger partial charge in [0, 0.05) is 17.6 Å². The first kappa shape index (κ1) is 14.1. The van der Waals surface area contributed by atoms with Crippen LogP contribution in [0, 0.1) is 17.2 Å². The molecular formula is C14H19BrN2. The molecule has 17 heavy (non-hydrogen) atoms. The van der Waals surface area contributed by atoms with E-state index in [0.717, 1.165) is 16.6 Å². The molecule has 0 saturated heterocycles. The van der Waals surface area contributed by atoms with E-state index >= 15 is 0 Å². The maximum Gasteiger partial charge on any atom is 0.103 e. The van der Waals surface area contributed by atoms with Crippen LogP contribution in [0.2, 0.25) is 0 Å². The highest BCUT2D eigenvalue weighted by atomic mass is 79.9. The van der Waals surface area contributed by atoms with E-state index in [2.05, 4.69) is 54.7 Å². The van der Waals surface area contributed by atoms with Crippen molar-refractivity contribution in [2.75, 3.05) is 11.9 Å². The van der Waals surface area contributed by atoms with Gasteiger partial charge in [-0.3, -0.25) is 0 Å². The Labute approximate surface area is 112 Å². The smallest absolute Gasteiger partial charge is 0.103 e. The van der Waals surface area contributed by atoms with E-state index in [0.29, 0.717) is 17.5 Å². The summed E-state index contributed by atoms with van der Waals surface area (Å²) in [6, 6.07) is 8.57. The van der Waals surface area contributed by atoms with Crippen LogP contribution in [0.25, 0.3) is 0 Å². The lowest BCUT2D eigenvalue weighted by Crippen LogP contribution is -2.30. The highest BCUT2D eigenvalue weighted by Crippen LogP contribution is 2.28. The molecule has 1 aromatic rings. The molecule has 0 spiro atoms. The number of rotatable bonds is 4. The maximum absolute atomic E-state index is 9.21. The van der Waals surface area contributed by atoms with Gasteiger partial charge in [0.2, 0.25) is 0 Å². The Morgan fingerprint density at radius 3 is 2.53 bits per heavy atom. The van der Waals surface area contributed by atoms with Crippen LogP contribution in [0.1, 0.15) is 32.8 Å². The predicted molar refractivity (Wildman–Crippen MR) is 76.2 cm³/mol. The summed E-state index contributed by atoms with van der Waals surface area (Å²) in [5, 5.41) is 9.21. The molecule has 0 saturated carbocycles. The summed E-state index contributed by atoms with van der Waals surface area (Å²) in [5.41, 5.74) is 1.71. The quantitative estimate of drug-likeness (QED) is 0.832. The third kappa shape index (κ3) is 3.47. The van der Waals surface area contributed by atoms with Gasteiger partial charge in [-0.25, -0.2) is 0 Å². The molecule has 0 aliphatic heterocycles. The molecule has 0 bridgehead atoms. The minimum Gasteiger partial charge on any atom is -0.371 e. The number of anilines is 1. The second-order valence-electron chi connectivity index (χ2n) is 4.84. The molecular weight excluding hydrogens is 276 g/mol. The Balaban J connectivity index is 3.00. The van der Waals surface area contributed by atoms with Gasteiger partial charge in [0.15, 0.2) is 0 Å². The van der Waals surface area contributed by atoms with Gasteiger partial charge >= 0.3 is 0 Å². The molecule has 0 aromatic heterocycles. The van der Waals surface area contributed by atoms with Gasteiger partial charge in [0.1, 0.15) is 6.07 Å². The van der Waals surface area contributed by atoms with Crippen molar-refractivity contribution in [3.05, 3.63) is 28.2 Å². The zero-order valence-electron chi connectivity index (χ0n) is 10.9. The van der Waals surface area contributed by atoms with Crippen LogP contribution in [0.4, 0.5) is 5.69 Å². The fourth-order valence-corrected chi connectivity index (χ4v) is 2.44. The van der Waals surface area contributed by atoms with Gasteiger partial charge in [0.05, 0.1) is 11.3 Å². The van der Waals surface area contributed by atoms with Crippen molar-refractivity contribution in [2.24, 2.45) is 5.92 Å². The number of nitrogens with zero attached hydrogens (tertiary/aromatic N) is 2. The molecule has 1 atom stereocenters. The largest absolute Gasteiger partial charge is 0.371 e. The first-order valence-electron chi connectivity index (χ1n) is 5.88. The lowest BCUT2D eigenvalue weighted by Gasteiger charge is -2.29. The number of hydrogen-bond donors (Lipinski definition) is 0. The fourth-order valence-electron chi connectivity index (χ4n) is 2.00. The van der Waals surface area contributed by atoms with E-state index < -0.39 is 0 Å². The zero-order chi connectivity index (χ0) is 13.0. The van der Waals surface area contributed by atoms with Crippen molar-refractivity contribution in [2.45, 2.75) is 33.2 Å². The van der Waals surface area contributed by atoms with E-state index in [4.69, 9.17) is 0 Å². The van der Waals surface area contributed by atoms with Crippen molar-refractivity contribution >= 4 is 21.6 Å². The van der Waals surface area contributed by atoms with Gasteiger partial charge in [-0.2, -0.15) is 5.26 Å². The van der Waals surface area contributed by atoms with E-state index in [-0.39, 0.29) is 0 Å². The lowest BCUT2D eigenvalue weighted by molar-refractivity contribution is 0.504. The standard InChI is InChI=1S/C14H19BrN2/c1-10(2)8-11(3)17(4)14-7-5-6-13(15)12(14)9-16/h5-7,10-11H,8H2,1-4H3. The molecule has 92 valence electrons. The Morgan fingerprint density at radius 1 is 1.35 bits per heavy atom. The summed E-state index contributed by atoms with van der Waals surface area (Å²) < 4.78 is 0.862. The van der Waals surface area contributed by atoms with E-state index in [1.165, 1.54) is 0 Å². The summed E-state index contributed by atoms with van der Waals surface area (Å²) >= 11 is 3.43. The minimum absolute atomic E-state index is 0.427. The van der Waals surface area contributed by atoms with Crippen molar-refractivity contribution in [3.63, 3.8) is 0 Å². The van der Waals surface area contributed by atoms with E-state index in [1.54, 1.807) is 0 Å². The highest BCUT2D eigenvalue weighted by molar-refractivity contribution is 9.10. The van der Waals surface area contributed by atoms with Crippen molar-refractivity contribution < 1.29 is 0 Å². The molecule has 0 amide bonds. The third-order valence-electron chi connectivity index (χ3n) is 2.96. The first-order valence-corrected chi connectivity index (χ1v) is 6.68. The second-order valence-corrected chi connectivity index (χ2v) is 5.69. The summed E-state index contributed by atoms with van der Waals surface area (Å²) in [5.74, 6) is 0.658. The van der Waals surface area contributed by atoms with Gasteiger partial charge < -0.3 is 4.90 Å². The van der Waals surface area contributed by atoms with Crippen LogP contribution in [0.15, 0.2) is 22.7 Å². The summed E-state index contributed by atoms with van der Waals surface area (Å²) in [6.07, 6.45) is 1.12. The van der Waals surface area contributed by atoms with E-state index in [9.17, 15) is 5.26 Å². The van der Waals surface area contributed by atoms with Crippen LogP contribution in [0.3, 0.4) is 0 Å². The monoisotopic (exact) mass is 294 g/mol. The zero-order valence-corrected chi connectivity index (χ0v) is 12.5. The molecule has 0 aliphatic rings. The van der Waals surface area contributed by atoms with Crippen LogP contribution in [-0.4, -0.2) is 13.1 Å². The normalized spacial score (nSPS) is 12.3. The number of nitriles is 1. The summed E-state index contributed by atoms with van der Waals surface area (Å²) in [7, 11) is 2.05. The van der Waals surface area contributed by atoms with Gasteiger partial charge in [-0.1, -0.05) is 19.9 Å². The van der Waals surface area contributed by atoms with Crippen LogP contribution >= 0.6 is 15.9 Å². The van der Waals surface area contributed by atoms with Gasteiger partial charge in [-0.15, -0.1) is 0 Å². The fraction of sp³-hybridized carbons (Fsp3) is 0.500. The Morgan fingerprint density at radius 2 is 2.00 bits per heavy atom. The number of benzene rings is 1. The van der Waals surface area contributed by atoms with Crippen molar-refractivity contribution in [1.29, 1.82) is 5.26 Å². The molecule has 1 unspecified atom stereocenters. The summed E-state index contributed by atoms with van der Waals surface area (Å²) in [6.45, 7) is 6.63. The Bertz CT molecular complexity index is 421. The molecule has 3 heteroatoms. The predicted octanol–water partition coefficient (Wildman–Crippen LogP) is 4.19. The minimum atomic E-state index is 0.427. The molecule has 1 rings (SSSR count). The van der Waals surface area contributed by atoms with Crippen LogP contribution in [0.5, 0.6) is 0 Å². The molecule has 2 nitrogen and oxygen atoms in total. The van der Waals surface area contributed by atoms with Crippen molar-refractivity contribution in [3.8, 4) is 6.07 Å². The third-order valence-corrected chi connectivity index (χ3v) is 3.62. The van der Waals surface area contributed by atoms with Gasteiger partial charge in [-0.05, 0) is 47.3 Å². The maximum atomic E-state index is 9.21. The Kier molecular flexibility index (Phi) is 5.02. The highest BCUT2D eigenvalue weighted by Gasteiger charge is 2.16. The molecule has 0 radical (unpaired) electrons. The lowest BCUT2D eigenvalue weighted by atomic mass is 10.0. The van der Waals surface area contributed by atoms with Crippen LogP contribution in [-0.2, 0) is 0 Å². The summed E-state index contributed by atoms with van der Waals surface area (Å²) in [4.78, 5) is 2.18. The molecule has 0 N–H and O–H groups in total.